The van der Waals surface area contributed by atoms with Crippen molar-refractivity contribution in [2.24, 2.45) is 5.73 Å². The first-order valence-corrected chi connectivity index (χ1v) is 8.44. The molecule has 0 radical (unpaired) electrons. The van der Waals surface area contributed by atoms with Crippen LogP contribution in [0.25, 0.3) is 32.3 Å². The van der Waals surface area contributed by atoms with Crippen LogP contribution in [-0.4, -0.2) is 13.1 Å². The molecule has 0 heterocycles. The molecule has 4 aromatic rings. The third kappa shape index (κ3) is 2.93. The van der Waals surface area contributed by atoms with Crippen molar-refractivity contribution in [2.75, 3.05) is 13.1 Å². The van der Waals surface area contributed by atoms with Crippen LogP contribution in [0.2, 0.25) is 0 Å². The topological polar surface area (TPSA) is 38.0 Å². The van der Waals surface area contributed by atoms with E-state index in [1.807, 2.05) is 0 Å². The second-order valence-corrected chi connectivity index (χ2v) is 6.25. The molecule has 24 heavy (non-hydrogen) atoms. The van der Waals surface area contributed by atoms with E-state index in [1.165, 1.54) is 37.9 Å². The molecular weight excluding hydrogens is 316 g/mol. The summed E-state index contributed by atoms with van der Waals surface area (Å²) in [6.07, 6.45) is 2.23. The van der Waals surface area contributed by atoms with E-state index < -0.39 is 0 Å². The van der Waals surface area contributed by atoms with Gasteiger partial charge in [0.25, 0.3) is 0 Å². The van der Waals surface area contributed by atoms with Crippen LogP contribution in [0.1, 0.15) is 18.4 Å². The Morgan fingerprint density at radius 2 is 1.42 bits per heavy atom. The molecule has 0 unspecified atom stereocenters. The molecule has 0 aliphatic rings. The van der Waals surface area contributed by atoms with Crippen LogP contribution in [0.4, 0.5) is 0 Å². The second-order valence-electron chi connectivity index (χ2n) is 6.25. The van der Waals surface area contributed by atoms with Crippen molar-refractivity contribution in [3.63, 3.8) is 0 Å². The van der Waals surface area contributed by atoms with Gasteiger partial charge in [0.15, 0.2) is 0 Å². The largest absolute Gasteiger partial charge is 0.330 e. The van der Waals surface area contributed by atoms with Crippen LogP contribution in [0.3, 0.4) is 0 Å². The minimum atomic E-state index is 0. The Bertz CT molecular complexity index is 933. The van der Waals surface area contributed by atoms with E-state index >= 15 is 0 Å². The van der Waals surface area contributed by atoms with Gasteiger partial charge in [0.1, 0.15) is 0 Å². The third-order valence-corrected chi connectivity index (χ3v) is 4.74. The first-order valence-electron chi connectivity index (χ1n) is 8.44. The lowest BCUT2D eigenvalue weighted by Crippen LogP contribution is -2.16. The molecule has 0 aromatic heterocycles. The normalized spacial score (nSPS) is 11.4. The summed E-state index contributed by atoms with van der Waals surface area (Å²) in [5, 5.41) is 11.7. The Balaban J connectivity index is 0.00000169. The fourth-order valence-electron chi connectivity index (χ4n) is 3.57. The van der Waals surface area contributed by atoms with Gasteiger partial charge in [-0.25, -0.2) is 0 Å². The van der Waals surface area contributed by atoms with Crippen molar-refractivity contribution < 1.29 is 0 Å². The van der Waals surface area contributed by atoms with Gasteiger partial charge in [-0.2, -0.15) is 0 Å². The number of benzene rings is 4. The second kappa shape index (κ2) is 7.35. The van der Waals surface area contributed by atoms with Gasteiger partial charge in [-0.15, -0.1) is 12.4 Å². The lowest BCUT2D eigenvalue weighted by Gasteiger charge is -2.14. The Morgan fingerprint density at radius 1 is 0.750 bits per heavy atom. The van der Waals surface area contributed by atoms with Gasteiger partial charge in [0.05, 0.1) is 0 Å². The van der Waals surface area contributed by atoms with Crippen LogP contribution in [0.5, 0.6) is 0 Å². The molecule has 3 heteroatoms. The predicted octanol–water partition coefficient (Wildman–Crippen LogP) is 4.83. The van der Waals surface area contributed by atoms with Gasteiger partial charge < -0.3 is 11.1 Å². The van der Waals surface area contributed by atoms with Crippen molar-refractivity contribution in [2.45, 2.75) is 19.4 Å². The molecule has 4 aromatic carbocycles. The van der Waals surface area contributed by atoms with Crippen LogP contribution in [0.15, 0.2) is 54.6 Å². The molecule has 2 nitrogen and oxygen atoms in total. The molecule has 0 spiro atoms. The van der Waals surface area contributed by atoms with E-state index in [0.717, 1.165) is 32.5 Å². The Morgan fingerprint density at radius 3 is 2.17 bits per heavy atom. The van der Waals surface area contributed by atoms with E-state index in [-0.39, 0.29) is 12.4 Å². The summed E-state index contributed by atoms with van der Waals surface area (Å²) in [5.74, 6) is 0. The highest BCUT2D eigenvalue weighted by Crippen LogP contribution is 2.35. The van der Waals surface area contributed by atoms with Crippen molar-refractivity contribution in [3.8, 4) is 0 Å². The van der Waals surface area contributed by atoms with Crippen LogP contribution in [0, 0.1) is 0 Å². The lowest BCUT2D eigenvalue weighted by molar-refractivity contribution is 0.629. The maximum Gasteiger partial charge on any atom is 0.0211 e. The smallest absolute Gasteiger partial charge is 0.0211 e. The van der Waals surface area contributed by atoms with Crippen molar-refractivity contribution in [1.29, 1.82) is 0 Å². The fourth-order valence-corrected chi connectivity index (χ4v) is 3.57. The highest BCUT2D eigenvalue weighted by molar-refractivity contribution is 6.23. The van der Waals surface area contributed by atoms with Crippen molar-refractivity contribution in [3.05, 3.63) is 60.2 Å². The van der Waals surface area contributed by atoms with Crippen molar-refractivity contribution in [1.82, 2.24) is 5.32 Å². The standard InChI is InChI=1S/C21H22N2.ClH/c22-12-1-2-13-23-14-18-9-8-17-7-6-15-4-3-5-16-10-11-19(18)21(17)20(15)16;/h3-11,23H,1-2,12-14,22H2;1H. The Hall–Kier alpha value is -1.87. The summed E-state index contributed by atoms with van der Waals surface area (Å²) in [5.41, 5.74) is 6.93. The highest BCUT2D eigenvalue weighted by atomic mass is 35.5. The van der Waals surface area contributed by atoms with Crippen LogP contribution < -0.4 is 11.1 Å². The molecule has 0 amide bonds. The SMILES string of the molecule is Cl.NCCCCNCc1ccc2ccc3cccc4ccc1c2c34. The number of halogens is 1. The van der Waals surface area contributed by atoms with Crippen molar-refractivity contribution >= 4 is 44.7 Å². The number of rotatable bonds is 6. The summed E-state index contributed by atoms with van der Waals surface area (Å²) in [4.78, 5) is 0. The number of unbranched alkanes of at least 4 members (excludes halogenated alkanes) is 1. The summed E-state index contributed by atoms with van der Waals surface area (Å²) < 4.78 is 0. The van der Waals surface area contributed by atoms with E-state index in [9.17, 15) is 0 Å². The zero-order chi connectivity index (χ0) is 15.6. The van der Waals surface area contributed by atoms with E-state index in [2.05, 4.69) is 59.9 Å². The zero-order valence-corrected chi connectivity index (χ0v) is 14.5. The van der Waals surface area contributed by atoms with Gasteiger partial charge in [0.2, 0.25) is 0 Å². The third-order valence-electron chi connectivity index (χ3n) is 4.74. The fraction of sp³-hybridized carbons (Fsp3) is 0.238. The Kier molecular flexibility index (Phi) is 5.20. The summed E-state index contributed by atoms with van der Waals surface area (Å²) in [7, 11) is 0. The lowest BCUT2D eigenvalue weighted by atomic mass is 9.92. The molecule has 0 fully saturated rings. The molecule has 0 bridgehead atoms. The average molecular weight is 339 g/mol. The number of hydrogen-bond acceptors (Lipinski definition) is 2. The highest BCUT2D eigenvalue weighted by Gasteiger charge is 2.10. The molecule has 4 rings (SSSR count). The van der Waals surface area contributed by atoms with Crippen LogP contribution in [-0.2, 0) is 6.54 Å². The first-order chi connectivity index (χ1) is 11.4. The monoisotopic (exact) mass is 338 g/mol. The van der Waals surface area contributed by atoms with Gasteiger partial charge in [0, 0.05) is 6.54 Å². The molecule has 0 atom stereocenters. The summed E-state index contributed by atoms with van der Waals surface area (Å²) in [6.45, 7) is 2.72. The van der Waals surface area contributed by atoms with E-state index in [4.69, 9.17) is 5.73 Å². The average Bonchev–Trinajstić information content (AvgIpc) is 2.60. The van der Waals surface area contributed by atoms with Gasteiger partial charge >= 0.3 is 0 Å². The molecule has 0 aliphatic heterocycles. The number of hydrogen-bond donors (Lipinski definition) is 2. The van der Waals surface area contributed by atoms with E-state index in [1.54, 1.807) is 0 Å². The maximum absolute atomic E-state index is 5.55. The summed E-state index contributed by atoms with van der Waals surface area (Å²) in [6, 6.07) is 20.1. The molecule has 3 N–H and O–H groups in total. The molecule has 0 saturated carbocycles. The molecule has 124 valence electrons. The van der Waals surface area contributed by atoms with Gasteiger partial charge in [-0.1, -0.05) is 54.6 Å². The minimum absolute atomic E-state index is 0. The first kappa shape index (κ1) is 17.0. The summed E-state index contributed by atoms with van der Waals surface area (Å²) >= 11 is 0. The number of nitrogens with one attached hydrogen (secondary N) is 1. The molecular formula is C21H23ClN2. The van der Waals surface area contributed by atoms with Gasteiger partial charge in [-0.3, -0.25) is 0 Å². The molecule has 0 saturated heterocycles. The molecule has 0 aliphatic carbocycles. The van der Waals surface area contributed by atoms with Crippen LogP contribution >= 0.6 is 12.4 Å². The predicted molar refractivity (Wildman–Crippen MR) is 107 cm³/mol. The number of nitrogens with two attached hydrogens (primary N) is 1. The zero-order valence-electron chi connectivity index (χ0n) is 13.7. The Labute approximate surface area is 148 Å². The maximum atomic E-state index is 5.55. The van der Waals surface area contributed by atoms with E-state index in [0.29, 0.717) is 0 Å². The quantitative estimate of drug-likeness (QED) is 0.390. The van der Waals surface area contributed by atoms with Gasteiger partial charge in [-0.05, 0) is 63.8 Å². The minimum Gasteiger partial charge on any atom is -0.330 e.